The summed E-state index contributed by atoms with van der Waals surface area (Å²) in [5.74, 6) is -0.340. The molecule has 3 aromatic carbocycles. The summed E-state index contributed by atoms with van der Waals surface area (Å²) in [7, 11) is -3.99. The standard InChI is InChI=1S/C22H18FN3O3S/c1-14(24)21-25-18-11-6-12-19(30(28,29)17-9-3-2-4-10-17)20(18)22(27)26(21)16-8-5-7-15(23)13-16/h2-14H,24H2,1H3. The van der Waals surface area contributed by atoms with Gasteiger partial charge in [0.05, 0.1) is 32.4 Å². The summed E-state index contributed by atoms with van der Waals surface area (Å²) in [6, 6.07) is 17.1. The molecule has 0 radical (unpaired) electrons. The van der Waals surface area contributed by atoms with Crippen molar-refractivity contribution in [1.29, 1.82) is 0 Å². The SMILES string of the molecule is CC(N)c1nc2cccc(S(=O)(=O)c3ccccc3)c2c(=O)n1-c1cccc(F)c1. The number of hydrogen-bond donors (Lipinski definition) is 1. The van der Waals surface area contributed by atoms with Gasteiger partial charge in [-0.3, -0.25) is 9.36 Å². The van der Waals surface area contributed by atoms with E-state index >= 15 is 0 Å². The van der Waals surface area contributed by atoms with Gasteiger partial charge < -0.3 is 5.73 Å². The minimum atomic E-state index is -3.99. The molecule has 30 heavy (non-hydrogen) atoms. The van der Waals surface area contributed by atoms with Crippen LogP contribution in [0.3, 0.4) is 0 Å². The van der Waals surface area contributed by atoms with E-state index in [0.29, 0.717) is 0 Å². The zero-order valence-electron chi connectivity index (χ0n) is 16.0. The third-order valence-corrected chi connectivity index (χ3v) is 6.51. The molecule has 0 saturated heterocycles. The highest BCUT2D eigenvalue weighted by Crippen LogP contribution is 2.27. The molecule has 8 heteroatoms. The van der Waals surface area contributed by atoms with Gasteiger partial charge in [0.2, 0.25) is 9.84 Å². The Morgan fingerprint density at radius 3 is 2.37 bits per heavy atom. The Balaban J connectivity index is 2.12. The monoisotopic (exact) mass is 423 g/mol. The van der Waals surface area contributed by atoms with Crippen molar-refractivity contribution in [3.05, 3.63) is 94.8 Å². The first-order chi connectivity index (χ1) is 14.3. The summed E-state index contributed by atoms with van der Waals surface area (Å²) >= 11 is 0. The van der Waals surface area contributed by atoms with Crippen LogP contribution in [0.2, 0.25) is 0 Å². The van der Waals surface area contributed by atoms with Crippen LogP contribution in [-0.2, 0) is 9.84 Å². The number of nitrogens with two attached hydrogens (primary N) is 1. The molecule has 0 saturated carbocycles. The Kier molecular flexibility index (Phi) is 4.97. The van der Waals surface area contributed by atoms with Gasteiger partial charge in [0, 0.05) is 0 Å². The van der Waals surface area contributed by atoms with Crippen LogP contribution in [-0.4, -0.2) is 18.0 Å². The molecule has 6 nitrogen and oxygen atoms in total. The molecule has 0 amide bonds. The normalized spacial score (nSPS) is 12.8. The van der Waals surface area contributed by atoms with E-state index in [1.807, 2.05) is 0 Å². The minimum Gasteiger partial charge on any atom is -0.322 e. The molecule has 0 spiro atoms. The Morgan fingerprint density at radius 1 is 1.00 bits per heavy atom. The van der Waals surface area contributed by atoms with Gasteiger partial charge >= 0.3 is 0 Å². The first-order valence-corrected chi connectivity index (χ1v) is 10.7. The highest BCUT2D eigenvalue weighted by atomic mass is 32.2. The van der Waals surface area contributed by atoms with Gasteiger partial charge in [-0.15, -0.1) is 0 Å². The molecule has 0 aliphatic carbocycles. The predicted octanol–water partition coefficient (Wildman–Crippen LogP) is 3.38. The van der Waals surface area contributed by atoms with Gasteiger partial charge in [0.15, 0.2) is 0 Å². The summed E-state index contributed by atoms with van der Waals surface area (Å²) in [4.78, 5) is 17.9. The van der Waals surface area contributed by atoms with Crippen molar-refractivity contribution in [2.24, 2.45) is 5.73 Å². The molecular weight excluding hydrogens is 405 g/mol. The van der Waals surface area contributed by atoms with E-state index < -0.39 is 27.3 Å². The number of aromatic nitrogens is 2. The lowest BCUT2D eigenvalue weighted by Crippen LogP contribution is -2.28. The van der Waals surface area contributed by atoms with E-state index in [1.54, 1.807) is 31.2 Å². The van der Waals surface area contributed by atoms with Gasteiger partial charge in [-0.05, 0) is 49.4 Å². The third kappa shape index (κ3) is 3.30. The average Bonchev–Trinajstić information content (AvgIpc) is 2.73. The quantitative estimate of drug-likeness (QED) is 0.543. The number of benzene rings is 3. The summed E-state index contributed by atoms with van der Waals surface area (Å²) in [6.07, 6.45) is 0. The average molecular weight is 423 g/mol. The Morgan fingerprint density at radius 2 is 1.70 bits per heavy atom. The second kappa shape index (κ2) is 7.47. The number of rotatable bonds is 4. The van der Waals surface area contributed by atoms with Gasteiger partial charge in [0.1, 0.15) is 11.6 Å². The van der Waals surface area contributed by atoms with Crippen LogP contribution in [0.25, 0.3) is 16.6 Å². The highest BCUT2D eigenvalue weighted by Gasteiger charge is 2.25. The van der Waals surface area contributed by atoms with Crippen LogP contribution in [0.4, 0.5) is 4.39 Å². The molecule has 4 aromatic rings. The first-order valence-electron chi connectivity index (χ1n) is 9.18. The summed E-state index contributed by atoms with van der Waals surface area (Å²) in [5.41, 5.74) is 5.82. The van der Waals surface area contributed by atoms with Crippen LogP contribution in [0, 0.1) is 5.82 Å². The molecule has 0 aliphatic heterocycles. The molecule has 1 heterocycles. The number of fused-ring (bicyclic) bond motifs is 1. The largest absolute Gasteiger partial charge is 0.322 e. The van der Waals surface area contributed by atoms with E-state index in [9.17, 15) is 17.6 Å². The zero-order valence-corrected chi connectivity index (χ0v) is 16.8. The second-order valence-corrected chi connectivity index (χ2v) is 8.76. The van der Waals surface area contributed by atoms with E-state index in [-0.39, 0.29) is 32.2 Å². The highest BCUT2D eigenvalue weighted by molar-refractivity contribution is 7.91. The third-order valence-electron chi connectivity index (χ3n) is 4.70. The maximum atomic E-state index is 13.9. The van der Waals surface area contributed by atoms with Crippen LogP contribution in [0.5, 0.6) is 0 Å². The van der Waals surface area contributed by atoms with Gasteiger partial charge in [-0.2, -0.15) is 0 Å². The van der Waals surface area contributed by atoms with Crippen LogP contribution < -0.4 is 11.3 Å². The van der Waals surface area contributed by atoms with Crippen molar-refractivity contribution in [3.63, 3.8) is 0 Å². The summed E-state index contributed by atoms with van der Waals surface area (Å²) in [6.45, 7) is 1.65. The molecule has 1 unspecified atom stereocenters. The fourth-order valence-corrected chi connectivity index (χ4v) is 4.83. The maximum absolute atomic E-state index is 13.9. The second-order valence-electron chi connectivity index (χ2n) is 6.85. The Labute approximate surface area is 172 Å². The Bertz CT molecular complexity index is 1420. The lowest BCUT2D eigenvalue weighted by molar-refractivity contribution is 0.596. The number of hydrogen-bond acceptors (Lipinski definition) is 5. The fraction of sp³-hybridized carbons (Fsp3) is 0.0909. The smallest absolute Gasteiger partial charge is 0.267 e. The summed E-state index contributed by atoms with van der Waals surface area (Å²) in [5, 5.41) is -0.0741. The van der Waals surface area contributed by atoms with Gasteiger partial charge in [-0.1, -0.05) is 30.3 Å². The fourth-order valence-electron chi connectivity index (χ4n) is 3.34. The molecule has 0 bridgehead atoms. The van der Waals surface area contributed by atoms with Crippen LogP contribution in [0.15, 0.2) is 87.4 Å². The van der Waals surface area contributed by atoms with Crippen LogP contribution in [0.1, 0.15) is 18.8 Å². The number of halogens is 1. The van der Waals surface area contributed by atoms with Crippen molar-refractivity contribution in [3.8, 4) is 5.69 Å². The van der Waals surface area contributed by atoms with E-state index in [2.05, 4.69) is 4.98 Å². The van der Waals surface area contributed by atoms with Crippen molar-refractivity contribution in [1.82, 2.24) is 9.55 Å². The molecule has 1 aromatic heterocycles. The number of sulfone groups is 1. The van der Waals surface area contributed by atoms with E-state index in [1.165, 1.54) is 53.1 Å². The molecule has 152 valence electrons. The van der Waals surface area contributed by atoms with E-state index in [4.69, 9.17) is 5.73 Å². The van der Waals surface area contributed by atoms with Gasteiger partial charge in [-0.25, -0.2) is 17.8 Å². The number of nitrogens with zero attached hydrogens (tertiary/aromatic N) is 2. The Hall–Kier alpha value is -3.36. The lowest BCUT2D eigenvalue weighted by Gasteiger charge is -2.17. The molecule has 0 aliphatic rings. The summed E-state index contributed by atoms with van der Waals surface area (Å²) < 4.78 is 41.5. The van der Waals surface area contributed by atoms with Crippen molar-refractivity contribution in [2.45, 2.75) is 22.8 Å². The molecule has 0 fully saturated rings. The van der Waals surface area contributed by atoms with E-state index in [0.717, 1.165) is 0 Å². The topological polar surface area (TPSA) is 95.1 Å². The predicted molar refractivity (Wildman–Crippen MR) is 112 cm³/mol. The van der Waals surface area contributed by atoms with Crippen molar-refractivity contribution < 1.29 is 12.8 Å². The molecular formula is C22H18FN3O3S. The van der Waals surface area contributed by atoms with Crippen LogP contribution >= 0.6 is 0 Å². The minimum absolute atomic E-state index is 0.0606. The lowest BCUT2D eigenvalue weighted by atomic mass is 10.2. The zero-order chi connectivity index (χ0) is 21.5. The maximum Gasteiger partial charge on any atom is 0.267 e. The van der Waals surface area contributed by atoms with Gasteiger partial charge in [0.25, 0.3) is 5.56 Å². The molecule has 2 N–H and O–H groups in total. The first kappa shape index (κ1) is 19.9. The molecule has 4 rings (SSSR count). The van der Waals surface area contributed by atoms with Crippen molar-refractivity contribution in [2.75, 3.05) is 0 Å². The molecule has 1 atom stereocenters. The van der Waals surface area contributed by atoms with Crippen molar-refractivity contribution >= 4 is 20.7 Å².